The number of benzene rings is 1. The lowest BCUT2D eigenvalue weighted by Crippen LogP contribution is -2.47. The van der Waals surface area contributed by atoms with Gasteiger partial charge in [-0.05, 0) is 46.1 Å². The normalized spacial score (nSPS) is 22.6. The van der Waals surface area contributed by atoms with Crippen LogP contribution in [-0.2, 0) is 0 Å². The Bertz CT molecular complexity index is 532. The maximum atomic E-state index is 12.6. The zero-order chi connectivity index (χ0) is 14.9. The van der Waals surface area contributed by atoms with Gasteiger partial charge in [-0.1, -0.05) is 6.07 Å². The first-order valence-electron chi connectivity index (χ1n) is 6.99. The third-order valence-electron chi connectivity index (χ3n) is 4.08. The van der Waals surface area contributed by atoms with Crippen LogP contribution in [0.1, 0.15) is 49.0 Å². The average molecular weight is 276 g/mol. The van der Waals surface area contributed by atoms with Crippen LogP contribution in [0.2, 0.25) is 0 Å². The first-order valence-corrected chi connectivity index (χ1v) is 6.99. The molecule has 108 valence electrons. The maximum Gasteiger partial charge on any atom is 0.273 e. The molecule has 0 N–H and O–H groups in total. The van der Waals surface area contributed by atoms with Gasteiger partial charge in [-0.15, -0.1) is 0 Å². The van der Waals surface area contributed by atoms with E-state index in [1.165, 1.54) is 6.07 Å². The molecular weight excluding hydrogens is 256 g/mol. The molecule has 0 saturated carbocycles. The van der Waals surface area contributed by atoms with E-state index in [2.05, 4.69) is 0 Å². The van der Waals surface area contributed by atoms with E-state index >= 15 is 0 Å². The molecule has 20 heavy (non-hydrogen) atoms. The highest BCUT2D eigenvalue weighted by Gasteiger charge is 2.30. The summed E-state index contributed by atoms with van der Waals surface area (Å²) >= 11 is 0. The summed E-state index contributed by atoms with van der Waals surface area (Å²) in [5.74, 6) is -0.104. The van der Waals surface area contributed by atoms with Gasteiger partial charge in [0, 0.05) is 29.3 Å². The molecule has 1 aliphatic heterocycles. The Labute approximate surface area is 118 Å². The molecule has 0 radical (unpaired) electrons. The largest absolute Gasteiger partial charge is 0.333 e. The monoisotopic (exact) mass is 276 g/mol. The molecule has 1 heterocycles. The average Bonchev–Trinajstić information content (AvgIpc) is 2.38. The van der Waals surface area contributed by atoms with Crippen molar-refractivity contribution in [3.05, 3.63) is 39.4 Å². The summed E-state index contributed by atoms with van der Waals surface area (Å²) < 4.78 is 0. The van der Waals surface area contributed by atoms with Crippen LogP contribution < -0.4 is 0 Å². The molecule has 0 aromatic heterocycles. The molecule has 1 aliphatic rings. The van der Waals surface area contributed by atoms with E-state index in [1.54, 1.807) is 19.1 Å². The van der Waals surface area contributed by atoms with Crippen molar-refractivity contribution in [2.45, 2.75) is 52.1 Å². The van der Waals surface area contributed by atoms with Crippen LogP contribution in [0.15, 0.2) is 18.2 Å². The molecule has 1 amide bonds. The van der Waals surface area contributed by atoms with Crippen LogP contribution >= 0.6 is 0 Å². The van der Waals surface area contributed by atoms with E-state index in [9.17, 15) is 14.9 Å². The summed E-state index contributed by atoms with van der Waals surface area (Å²) in [6.07, 6.45) is 3.11. The molecule has 0 unspecified atom stereocenters. The smallest absolute Gasteiger partial charge is 0.273 e. The Balaban J connectivity index is 2.33. The fraction of sp³-hybridized carbons (Fsp3) is 0.533. The van der Waals surface area contributed by atoms with Crippen molar-refractivity contribution in [1.29, 1.82) is 0 Å². The molecule has 5 nitrogen and oxygen atoms in total. The van der Waals surface area contributed by atoms with Crippen molar-refractivity contribution < 1.29 is 9.72 Å². The Morgan fingerprint density at radius 3 is 2.45 bits per heavy atom. The number of carbonyl (C=O) groups excluding carboxylic acids is 1. The van der Waals surface area contributed by atoms with Crippen molar-refractivity contribution in [2.24, 2.45) is 0 Å². The van der Waals surface area contributed by atoms with Crippen molar-refractivity contribution in [3.63, 3.8) is 0 Å². The predicted molar refractivity (Wildman–Crippen MR) is 76.8 cm³/mol. The number of nitro groups is 1. The number of piperidine rings is 1. The zero-order valence-corrected chi connectivity index (χ0v) is 12.1. The Kier molecular flexibility index (Phi) is 4.06. The molecule has 0 bridgehead atoms. The SMILES string of the molecule is Cc1ccc(C(=O)N2[C@H](C)CCC[C@H]2C)cc1[N+](=O)[O-]. The quantitative estimate of drug-likeness (QED) is 0.615. The number of likely N-dealkylation sites (tertiary alicyclic amines) is 1. The van der Waals surface area contributed by atoms with Gasteiger partial charge in [-0.2, -0.15) is 0 Å². The standard InChI is InChI=1S/C15H20N2O3/c1-10-7-8-13(9-14(10)17(19)20)15(18)16-11(2)5-4-6-12(16)3/h7-9,11-12H,4-6H2,1-3H3/t11-,12-/m1/s1. The lowest BCUT2D eigenvalue weighted by molar-refractivity contribution is -0.385. The molecule has 1 fully saturated rings. The first-order chi connectivity index (χ1) is 9.41. The number of amides is 1. The molecule has 1 saturated heterocycles. The third-order valence-corrected chi connectivity index (χ3v) is 4.08. The Morgan fingerprint density at radius 2 is 1.90 bits per heavy atom. The summed E-state index contributed by atoms with van der Waals surface area (Å²) in [5, 5.41) is 11.0. The van der Waals surface area contributed by atoms with Crippen molar-refractivity contribution in [3.8, 4) is 0 Å². The second kappa shape index (κ2) is 5.61. The van der Waals surface area contributed by atoms with Gasteiger partial charge in [0.1, 0.15) is 0 Å². The summed E-state index contributed by atoms with van der Waals surface area (Å²) in [5.41, 5.74) is 0.988. The topological polar surface area (TPSA) is 63.5 Å². The lowest BCUT2D eigenvalue weighted by atomic mass is 9.96. The molecule has 5 heteroatoms. The van der Waals surface area contributed by atoms with Crippen molar-refractivity contribution >= 4 is 11.6 Å². The maximum absolute atomic E-state index is 12.6. The van der Waals surface area contributed by atoms with Gasteiger partial charge < -0.3 is 4.90 Å². The van der Waals surface area contributed by atoms with Crippen molar-refractivity contribution in [2.75, 3.05) is 0 Å². The molecule has 2 rings (SSSR count). The fourth-order valence-electron chi connectivity index (χ4n) is 2.91. The van der Waals surface area contributed by atoms with E-state index in [4.69, 9.17) is 0 Å². The van der Waals surface area contributed by atoms with E-state index in [1.807, 2.05) is 18.7 Å². The second-order valence-electron chi connectivity index (χ2n) is 5.60. The predicted octanol–water partition coefficient (Wildman–Crippen LogP) is 3.31. The fourth-order valence-corrected chi connectivity index (χ4v) is 2.91. The van der Waals surface area contributed by atoms with E-state index in [-0.39, 0.29) is 23.7 Å². The van der Waals surface area contributed by atoms with E-state index < -0.39 is 4.92 Å². The van der Waals surface area contributed by atoms with E-state index in [0.29, 0.717) is 11.1 Å². The van der Waals surface area contributed by atoms with E-state index in [0.717, 1.165) is 19.3 Å². The minimum atomic E-state index is -0.435. The Morgan fingerprint density at radius 1 is 1.30 bits per heavy atom. The summed E-state index contributed by atoms with van der Waals surface area (Å²) in [6, 6.07) is 5.09. The van der Waals surface area contributed by atoms with Crippen LogP contribution in [0.4, 0.5) is 5.69 Å². The van der Waals surface area contributed by atoms with Gasteiger partial charge in [-0.3, -0.25) is 14.9 Å². The van der Waals surface area contributed by atoms with Crippen molar-refractivity contribution in [1.82, 2.24) is 4.90 Å². The molecule has 0 aliphatic carbocycles. The lowest BCUT2D eigenvalue weighted by Gasteiger charge is -2.39. The van der Waals surface area contributed by atoms with Crippen LogP contribution in [0, 0.1) is 17.0 Å². The number of carbonyl (C=O) groups is 1. The van der Waals surface area contributed by atoms with Gasteiger partial charge in [-0.25, -0.2) is 0 Å². The summed E-state index contributed by atoms with van der Waals surface area (Å²) in [4.78, 5) is 25.0. The molecule has 2 atom stereocenters. The number of hydrogen-bond donors (Lipinski definition) is 0. The highest BCUT2D eigenvalue weighted by Crippen LogP contribution is 2.26. The number of rotatable bonds is 2. The van der Waals surface area contributed by atoms with Crippen LogP contribution in [-0.4, -0.2) is 27.8 Å². The third kappa shape index (κ3) is 2.66. The van der Waals surface area contributed by atoms with Crippen LogP contribution in [0.25, 0.3) is 0 Å². The van der Waals surface area contributed by atoms with Gasteiger partial charge in [0.15, 0.2) is 0 Å². The minimum Gasteiger partial charge on any atom is -0.333 e. The molecule has 0 spiro atoms. The van der Waals surface area contributed by atoms with Gasteiger partial charge in [0.05, 0.1) is 4.92 Å². The first kappa shape index (κ1) is 14.5. The summed E-state index contributed by atoms with van der Waals surface area (Å²) in [6.45, 7) is 5.75. The van der Waals surface area contributed by atoms with Crippen LogP contribution in [0.5, 0.6) is 0 Å². The highest BCUT2D eigenvalue weighted by molar-refractivity contribution is 5.95. The number of hydrogen-bond acceptors (Lipinski definition) is 3. The van der Waals surface area contributed by atoms with Gasteiger partial charge in [0.25, 0.3) is 11.6 Å². The number of nitrogens with zero attached hydrogens (tertiary/aromatic N) is 2. The zero-order valence-electron chi connectivity index (χ0n) is 12.1. The van der Waals surface area contributed by atoms with Gasteiger partial charge in [0.2, 0.25) is 0 Å². The number of nitro benzene ring substituents is 1. The molecular formula is C15H20N2O3. The van der Waals surface area contributed by atoms with Gasteiger partial charge >= 0.3 is 0 Å². The second-order valence-corrected chi connectivity index (χ2v) is 5.60. The molecule has 1 aromatic rings. The highest BCUT2D eigenvalue weighted by atomic mass is 16.6. The van der Waals surface area contributed by atoms with Crippen LogP contribution in [0.3, 0.4) is 0 Å². The Hall–Kier alpha value is -1.91. The number of aryl methyl sites for hydroxylation is 1. The molecule has 1 aromatic carbocycles. The summed E-state index contributed by atoms with van der Waals surface area (Å²) in [7, 11) is 0. The minimum absolute atomic E-state index is 0.00756.